The van der Waals surface area contributed by atoms with Gasteiger partial charge in [-0.05, 0) is 19.1 Å². The van der Waals surface area contributed by atoms with Gasteiger partial charge in [-0.25, -0.2) is 0 Å². The number of methoxy groups -OCH3 is 1. The zero-order valence-corrected chi connectivity index (χ0v) is 11.3. The lowest BCUT2D eigenvalue weighted by Gasteiger charge is -2.21. The molecule has 0 N–H and O–H groups in total. The van der Waals surface area contributed by atoms with E-state index in [0.717, 1.165) is 19.2 Å². The number of anilines is 1. The highest BCUT2D eigenvalue weighted by atomic mass is 19.4. The summed E-state index contributed by atoms with van der Waals surface area (Å²) in [6.45, 7) is 1.52. The van der Waals surface area contributed by atoms with Gasteiger partial charge in [0.25, 0.3) is 5.69 Å². The summed E-state index contributed by atoms with van der Waals surface area (Å²) in [5.41, 5.74) is -1.90. The molecule has 1 aromatic carbocycles. The van der Waals surface area contributed by atoms with Crippen LogP contribution in [0.5, 0.6) is 0 Å². The van der Waals surface area contributed by atoms with E-state index in [1.807, 2.05) is 0 Å². The zero-order valence-electron chi connectivity index (χ0n) is 11.3. The van der Waals surface area contributed by atoms with E-state index < -0.39 is 28.3 Å². The molecule has 0 amide bonds. The molecule has 21 heavy (non-hydrogen) atoms. The quantitative estimate of drug-likeness (QED) is 0.475. The van der Waals surface area contributed by atoms with Crippen LogP contribution in [0.4, 0.5) is 24.5 Å². The van der Waals surface area contributed by atoms with E-state index in [9.17, 15) is 28.1 Å². The molecule has 0 aliphatic rings. The van der Waals surface area contributed by atoms with Crippen LogP contribution in [0.3, 0.4) is 0 Å². The molecule has 0 unspecified atom stereocenters. The number of rotatable bonds is 5. The lowest BCUT2D eigenvalue weighted by atomic mass is 10.1. The molecule has 1 rings (SSSR count). The van der Waals surface area contributed by atoms with Crippen LogP contribution in [-0.4, -0.2) is 31.1 Å². The van der Waals surface area contributed by atoms with Gasteiger partial charge in [0.05, 0.1) is 17.6 Å². The first-order valence-electron chi connectivity index (χ1n) is 5.88. The summed E-state index contributed by atoms with van der Waals surface area (Å²) in [5.74, 6) is -0.647. The van der Waals surface area contributed by atoms with Crippen molar-refractivity contribution in [2.24, 2.45) is 0 Å². The molecular formula is C12H13F3N2O4. The van der Waals surface area contributed by atoms with Crippen molar-refractivity contribution >= 4 is 17.3 Å². The summed E-state index contributed by atoms with van der Waals surface area (Å²) in [4.78, 5) is 22.6. The molecule has 0 atom stereocenters. The van der Waals surface area contributed by atoms with Gasteiger partial charge in [0.15, 0.2) is 0 Å². The topological polar surface area (TPSA) is 72.7 Å². The molecule has 0 radical (unpaired) electrons. The second-order valence-electron chi connectivity index (χ2n) is 4.05. The van der Waals surface area contributed by atoms with Crippen LogP contribution in [0.25, 0.3) is 0 Å². The molecule has 0 heterocycles. The number of esters is 1. The predicted molar refractivity (Wildman–Crippen MR) is 68.0 cm³/mol. The maximum atomic E-state index is 12.6. The molecule has 0 spiro atoms. The Bertz CT molecular complexity index is 546. The summed E-state index contributed by atoms with van der Waals surface area (Å²) >= 11 is 0. The summed E-state index contributed by atoms with van der Waals surface area (Å²) in [7, 11) is 1.15. The van der Waals surface area contributed by atoms with Crippen LogP contribution in [-0.2, 0) is 15.7 Å². The number of benzene rings is 1. The van der Waals surface area contributed by atoms with Gasteiger partial charge in [-0.2, -0.15) is 13.2 Å². The second kappa shape index (κ2) is 6.42. The number of nitro groups is 1. The molecule has 0 saturated carbocycles. The van der Waals surface area contributed by atoms with Crippen molar-refractivity contribution in [2.75, 3.05) is 25.1 Å². The minimum Gasteiger partial charge on any atom is -0.468 e. The first-order chi connectivity index (χ1) is 9.70. The van der Waals surface area contributed by atoms with Crippen LogP contribution < -0.4 is 4.90 Å². The smallest absolute Gasteiger partial charge is 0.416 e. The van der Waals surface area contributed by atoms with E-state index in [2.05, 4.69) is 4.74 Å². The van der Waals surface area contributed by atoms with Crippen LogP contribution in [0.2, 0.25) is 0 Å². The Morgan fingerprint density at radius 3 is 2.48 bits per heavy atom. The molecule has 116 valence electrons. The molecule has 1 aromatic rings. The number of halogens is 3. The second-order valence-corrected chi connectivity index (χ2v) is 4.05. The van der Waals surface area contributed by atoms with Gasteiger partial charge in [0.2, 0.25) is 0 Å². The van der Waals surface area contributed by atoms with E-state index in [1.165, 1.54) is 4.90 Å². The van der Waals surface area contributed by atoms with Gasteiger partial charge in [0, 0.05) is 12.6 Å². The van der Waals surface area contributed by atoms with E-state index in [1.54, 1.807) is 6.92 Å². The monoisotopic (exact) mass is 306 g/mol. The summed E-state index contributed by atoms with van der Waals surface area (Å²) < 4.78 is 42.3. The van der Waals surface area contributed by atoms with Crippen molar-refractivity contribution in [1.82, 2.24) is 0 Å². The lowest BCUT2D eigenvalue weighted by molar-refractivity contribution is -0.384. The largest absolute Gasteiger partial charge is 0.468 e. The maximum absolute atomic E-state index is 12.6. The molecule has 0 bridgehead atoms. The number of hydrogen-bond acceptors (Lipinski definition) is 5. The average Bonchev–Trinajstić information content (AvgIpc) is 2.42. The van der Waals surface area contributed by atoms with E-state index in [-0.39, 0.29) is 18.8 Å². The standard InChI is InChI=1S/C12H13F3N2O4/c1-3-16(7-11(18)21-2)9-5-4-8(12(13,14)15)6-10(9)17(19)20/h4-6H,3,7H2,1-2H3. The zero-order chi connectivity index (χ0) is 16.2. The number of carbonyl (C=O) groups is 1. The van der Waals surface area contributed by atoms with Gasteiger partial charge in [-0.15, -0.1) is 0 Å². The molecule has 0 saturated heterocycles. The van der Waals surface area contributed by atoms with Gasteiger partial charge in [-0.1, -0.05) is 0 Å². The van der Waals surface area contributed by atoms with Crippen LogP contribution in [0.15, 0.2) is 18.2 Å². The number of ether oxygens (including phenoxy) is 1. The number of nitrogens with zero attached hydrogens (tertiary/aromatic N) is 2. The van der Waals surface area contributed by atoms with Gasteiger partial charge >= 0.3 is 12.1 Å². The van der Waals surface area contributed by atoms with Crippen molar-refractivity contribution < 1.29 is 27.6 Å². The third-order valence-corrected chi connectivity index (χ3v) is 2.77. The Kier molecular flexibility index (Phi) is 5.12. The van der Waals surface area contributed by atoms with E-state index >= 15 is 0 Å². The molecular weight excluding hydrogens is 293 g/mol. The molecule has 0 aliphatic heterocycles. The van der Waals surface area contributed by atoms with Crippen LogP contribution in [0.1, 0.15) is 12.5 Å². The van der Waals surface area contributed by atoms with Gasteiger partial charge in [-0.3, -0.25) is 14.9 Å². The number of carbonyl (C=O) groups excluding carboxylic acids is 1. The van der Waals surface area contributed by atoms with E-state index in [4.69, 9.17) is 0 Å². The number of hydrogen-bond donors (Lipinski definition) is 0. The minimum atomic E-state index is -4.68. The number of likely N-dealkylation sites (N-methyl/N-ethyl adjacent to an activating group) is 1. The Hall–Kier alpha value is -2.32. The lowest BCUT2D eigenvalue weighted by Crippen LogP contribution is -2.30. The highest BCUT2D eigenvalue weighted by Gasteiger charge is 2.33. The average molecular weight is 306 g/mol. The minimum absolute atomic E-state index is 0.0686. The summed E-state index contributed by atoms with van der Waals surface area (Å²) in [6.07, 6.45) is -4.68. The molecule has 9 heteroatoms. The fraction of sp³-hybridized carbons (Fsp3) is 0.417. The third kappa shape index (κ3) is 4.07. The number of nitro benzene ring substituents is 1. The van der Waals surface area contributed by atoms with Crippen molar-refractivity contribution in [3.63, 3.8) is 0 Å². The van der Waals surface area contributed by atoms with E-state index in [0.29, 0.717) is 6.07 Å². The Morgan fingerprint density at radius 1 is 1.43 bits per heavy atom. The summed E-state index contributed by atoms with van der Waals surface area (Å²) in [5, 5.41) is 11.0. The highest BCUT2D eigenvalue weighted by molar-refractivity contribution is 5.77. The Labute approximate surface area is 118 Å². The summed E-state index contributed by atoms with van der Waals surface area (Å²) in [6, 6.07) is 2.17. The van der Waals surface area contributed by atoms with Crippen molar-refractivity contribution in [1.29, 1.82) is 0 Å². The molecule has 0 aliphatic carbocycles. The predicted octanol–water partition coefficient (Wildman–Crippen LogP) is 2.61. The van der Waals surface area contributed by atoms with Crippen LogP contribution in [0, 0.1) is 10.1 Å². The molecule has 0 fully saturated rings. The first kappa shape index (κ1) is 16.7. The van der Waals surface area contributed by atoms with Gasteiger partial charge < -0.3 is 9.64 Å². The van der Waals surface area contributed by atoms with Crippen molar-refractivity contribution in [2.45, 2.75) is 13.1 Å². The fourth-order valence-electron chi connectivity index (χ4n) is 1.70. The normalized spacial score (nSPS) is 11.1. The molecule has 6 nitrogen and oxygen atoms in total. The molecule has 0 aromatic heterocycles. The Balaban J connectivity index is 3.28. The SMILES string of the molecule is CCN(CC(=O)OC)c1ccc(C(F)(F)F)cc1[N+](=O)[O-]. The highest BCUT2D eigenvalue weighted by Crippen LogP contribution is 2.36. The third-order valence-electron chi connectivity index (χ3n) is 2.77. The van der Waals surface area contributed by atoms with Crippen molar-refractivity contribution in [3.8, 4) is 0 Å². The van der Waals surface area contributed by atoms with Crippen LogP contribution >= 0.6 is 0 Å². The first-order valence-corrected chi connectivity index (χ1v) is 5.88. The van der Waals surface area contributed by atoms with Gasteiger partial charge in [0.1, 0.15) is 12.2 Å². The Morgan fingerprint density at radius 2 is 2.05 bits per heavy atom. The fourth-order valence-corrected chi connectivity index (χ4v) is 1.70. The number of alkyl halides is 3. The maximum Gasteiger partial charge on any atom is 0.416 e. The van der Waals surface area contributed by atoms with Crippen molar-refractivity contribution in [3.05, 3.63) is 33.9 Å².